The second-order valence-electron chi connectivity index (χ2n) is 4.73. The number of halogens is 2. The Morgan fingerprint density at radius 3 is 2.38 bits per heavy atom. The molecule has 3 aromatic rings. The Labute approximate surface area is 135 Å². The van der Waals surface area contributed by atoms with E-state index in [-0.39, 0.29) is 5.95 Å². The second-order valence-corrected chi connectivity index (χ2v) is 4.73. The molecule has 2 aromatic carbocycles. The minimum absolute atomic E-state index is 0.125. The second kappa shape index (κ2) is 6.66. The van der Waals surface area contributed by atoms with Crippen molar-refractivity contribution in [1.82, 2.24) is 15.2 Å². The van der Waals surface area contributed by atoms with E-state index in [0.29, 0.717) is 22.8 Å². The third-order valence-corrected chi connectivity index (χ3v) is 3.02. The molecule has 8 heteroatoms. The van der Waals surface area contributed by atoms with Crippen LogP contribution in [-0.2, 0) is 0 Å². The summed E-state index contributed by atoms with van der Waals surface area (Å²) in [6.45, 7) is 0. The van der Waals surface area contributed by atoms with Crippen LogP contribution in [0, 0.1) is 23.0 Å². The lowest BCUT2D eigenvalue weighted by molar-refractivity contribution is 0.509. The van der Waals surface area contributed by atoms with Crippen molar-refractivity contribution in [3.05, 3.63) is 65.9 Å². The van der Waals surface area contributed by atoms with Crippen molar-refractivity contribution in [2.24, 2.45) is 0 Å². The molecule has 0 saturated heterocycles. The molecular weight excluding hydrogens is 314 g/mol. The number of anilines is 4. The summed E-state index contributed by atoms with van der Waals surface area (Å²) >= 11 is 0. The zero-order valence-corrected chi connectivity index (χ0v) is 12.2. The average molecular weight is 324 g/mol. The lowest BCUT2D eigenvalue weighted by Gasteiger charge is -2.08. The molecule has 0 atom stereocenters. The van der Waals surface area contributed by atoms with Gasteiger partial charge < -0.3 is 10.6 Å². The molecule has 0 unspecified atom stereocenters. The van der Waals surface area contributed by atoms with E-state index in [2.05, 4.69) is 25.8 Å². The number of hydrogen-bond donors (Lipinski definition) is 2. The van der Waals surface area contributed by atoms with Gasteiger partial charge in [0.25, 0.3) is 0 Å². The van der Waals surface area contributed by atoms with Gasteiger partial charge in [0, 0.05) is 17.4 Å². The van der Waals surface area contributed by atoms with Crippen molar-refractivity contribution in [1.29, 1.82) is 5.26 Å². The van der Waals surface area contributed by atoms with Gasteiger partial charge in [0.2, 0.25) is 5.95 Å². The molecule has 3 rings (SSSR count). The lowest BCUT2D eigenvalue weighted by Crippen LogP contribution is -2.02. The number of rotatable bonds is 4. The third kappa shape index (κ3) is 3.59. The van der Waals surface area contributed by atoms with Crippen molar-refractivity contribution < 1.29 is 8.78 Å². The van der Waals surface area contributed by atoms with Gasteiger partial charge in [-0.25, -0.2) is 8.78 Å². The van der Waals surface area contributed by atoms with Crippen LogP contribution in [-0.4, -0.2) is 15.2 Å². The minimum atomic E-state index is -0.972. The van der Waals surface area contributed by atoms with Crippen LogP contribution in [0.15, 0.2) is 48.7 Å². The first-order valence-electron chi connectivity index (χ1n) is 6.83. The van der Waals surface area contributed by atoms with Crippen LogP contribution >= 0.6 is 0 Å². The summed E-state index contributed by atoms with van der Waals surface area (Å²) in [5.41, 5.74) is 1.56. The van der Waals surface area contributed by atoms with E-state index < -0.39 is 11.6 Å². The van der Waals surface area contributed by atoms with Gasteiger partial charge in [-0.05, 0) is 36.4 Å². The molecular formula is C16H10F2N6. The number of nitrogens with one attached hydrogen (secondary N) is 2. The van der Waals surface area contributed by atoms with Crippen LogP contribution in [0.4, 0.5) is 31.9 Å². The van der Waals surface area contributed by atoms with Crippen LogP contribution in [0.25, 0.3) is 0 Å². The summed E-state index contributed by atoms with van der Waals surface area (Å²) in [4.78, 5) is 4.18. The zero-order valence-electron chi connectivity index (χ0n) is 12.2. The Balaban J connectivity index is 1.75. The van der Waals surface area contributed by atoms with E-state index in [0.717, 1.165) is 12.1 Å². The molecule has 0 fully saturated rings. The first-order valence-corrected chi connectivity index (χ1v) is 6.83. The Morgan fingerprint density at radius 2 is 1.67 bits per heavy atom. The van der Waals surface area contributed by atoms with E-state index in [9.17, 15) is 8.78 Å². The van der Waals surface area contributed by atoms with Crippen LogP contribution in [0.1, 0.15) is 5.56 Å². The third-order valence-electron chi connectivity index (χ3n) is 3.02. The molecule has 0 aliphatic carbocycles. The summed E-state index contributed by atoms with van der Waals surface area (Å²) in [5, 5.41) is 22.1. The highest BCUT2D eigenvalue weighted by Crippen LogP contribution is 2.18. The van der Waals surface area contributed by atoms with Gasteiger partial charge in [0.1, 0.15) is 0 Å². The van der Waals surface area contributed by atoms with Crippen molar-refractivity contribution in [2.45, 2.75) is 0 Å². The largest absolute Gasteiger partial charge is 0.339 e. The Kier molecular flexibility index (Phi) is 4.25. The van der Waals surface area contributed by atoms with Crippen molar-refractivity contribution in [3.63, 3.8) is 0 Å². The van der Waals surface area contributed by atoms with E-state index in [1.54, 1.807) is 24.3 Å². The molecule has 1 aromatic heterocycles. The van der Waals surface area contributed by atoms with Gasteiger partial charge in [0.05, 0.1) is 17.8 Å². The molecule has 0 bridgehead atoms. The van der Waals surface area contributed by atoms with E-state index in [4.69, 9.17) is 5.26 Å². The lowest BCUT2D eigenvalue weighted by atomic mass is 10.2. The minimum Gasteiger partial charge on any atom is -0.339 e. The highest BCUT2D eigenvalue weighted by molar-refractivity contribution is 5.59. The Hall–Kier alpha value is -3.60. The number of nitriles is 1. The molecule has 0 amide bonds. The van der Waals surface area contributed by atoms with Crippen molar-refractivity contribution in [3.8, 4) is 6.07 Å². The van der Waals surface area contributed by atoms with Gasteiger partial charge in [-0.15, -0.1) is 5.10 Å². The van der Waals surface area contributed by atoms with Crippen molar-refractivity contribution in [2.75, 3.05) is 10.6 Å². The molecule has 1 heterocycles. The van der Waals surface area contributed by atoms with Gasteiger partial charge in [-0.1, -0.05) is 0 Å². The van der Waals surface area contributed by atoms with E-state index in [1.165, 1.54) is 12.3 Å². The zero-order chi connectivity index (χ0) is 16.9. The number of aromatic nitrogens is 3. The molecule has 0 saturated carbocycles. The fourth-order valence-electron chi connectivity index (χ4n) is 1.90. The summed E-state index contributed by atoms with van der Waals surface area (Å²) in [6, 6.07) is 12.2. The molecule has 0 radical (unpaired) electrons. The maximum Gasteiger partial charge on any atom is 0.249 e. The molecule has 0 aliphatic heterocycles. The Bertz CT molecular complexity index is 905. The van der Waals surface area contributed by atoms with Gasteiger partial charge in [-0.3, -0.25) is 0 Å². The molecule has 2 N–H and O–H groups in total. The molecule has 6 nitrogen and oxygen atoms in total. The first kappa shape index (κ1) is 15.3. The normalized spacial score (nSPS) is 10.0. The molecule has 0 spiro atoms. The predicted molar refractivity (Wildman–Crippen MR) is 83.9 cm³/mol. The highest BCUT2D eigenvalue weighted by atomic mass is 19.2. The highest BCUT2D eigenvalue weighted by Gasteiger charge is 2.05. The number of nitrogens with zero attached hydrogens (tertiary/aromatic N) is 4. The van der Waals surface area contributed by atoms with Gasteiger partial charge in [0.15, 0.2) is 17.5 Å². The number of hydrogen-bond acceptors (Lipinski definition) is 6. The monoisotopic (exact) mass is 324 g/mol. The SMILES string of the molecule is N#Cc1ccc(Nc2cnnc(Nc3ccc(F)c(F)c3)n2)cc1. The van der Waals surface area contributed by atoms with Crippen molar-refractivity contribution >= 4 is 23.1 Å². The van der Waals surface area contributed by atoms with E-state index >= 15 is 0 Å². The number of benzene rings is 2. The fraction of sp³-hybridized carbons (Fsp3) is 0. The van der Waals surface area contributed by atoms with Crippen LogP contribution in [0.5, 0.6) is 0 Å². The first-order chi connectivity index (χ1) is 11.6. The summed E-state index contributed by atoms with van der Waals surface area (Å²) in [5.74, 6) is -1.38. The van der Waals surface area contributed by atoms with E-state index in [1.807, 2.05) is 6.07 Å². The molecule has 24 heavy (non-hydrogen) atoms. The predicted octanol–water partition coefficient (Wildman–Crippen LogP) is 3.51. The average Bonchev–Trinajstić information content (AvgIpc) is 2.59. The van der Waals surface area contributed by atoms with Gasteiger partial charge in [-0.2, -0.15) is 15.3 Å². The standard InChI is InChI=1S/C16H10F2N6/c17-13-6-5-12(7-14(13)18)22-16-23-15(9-20-24-16)21-11-3-1-10(8-19)2-4-11/h1-7,9H,(H2,21,22,23,24). The van der Waals surface area contributed by atoms with Crippen LogP contribution in [0.3, 0.4) is 0 Å². The Morgan fingerprint density at radius 1 is 0.917 bits per heavy atom. The molecule has 118 valence electrons. The smallest absolute Gasteiger partial charge is 0.249 e. The summed E-state index contributed by atoms with van der Waals surface area (Å²) in [7, 11) is 0. The summed E-state index contributed by atoms with van der Waals surface area (Å²) < 4.78 is 26.1. The summed E-state index contributed by atoms with van der Waals surface area (Å²) in [6.07, 6.45) is 1.41. The van der Waals surface area contributed by atoms with Crippen LogP contribution in [0.2, 0.25) is 0 Å². The maximum atomic E-state index is 13.2. The van der Waals surface area contributed by atoms with Gasteiger partial charge >= 0.3 is 0 Å². The quantitative estimate of drug-likeness (QED) is 0.764. The topological polar surface area (TPSA) is 86.5 Å². The van der Waals surface area contributed by atoms with Crippen LogP contribution < -0.4 is 10.6 Å². The maximum absolute atomic E-state index is 13.2. The molecule has 0 aliphatic rings. The fourth-order valence-corrected chi connectivity index (χ4v) is 1.90.